The Morgan fingerprint density at radius 2 is 1.79 bits per heavy atom. The Balaban J connectivity index is 2.86. The van der Waals surface area contributed by atoms with Crippen LogP contribution in [0.1, 0.15) is 5.56 Å². The van der Waals surface area contributed by atoms with Gasteiger partial charge in [-0.3, -0.25) is 0 Å². The van der Waals surface area contributed by atoms with E-state index in [-0.39, 0.29) is 18.5 Å². The molecule has 0 saturated carbocycles. The molecule has 0 saturated heterocycles. The van der Waals surface area contributed by atoms with Crippen molar-refractivity contribution in [2.45, 2.75) is 6.42 Å². The molecule has 1 rings (SSSR count). The fourth-order valence-electron chi connectivity index (χ4n) is 0.971. The van der Waals surface area contributed by atoms with Crippen LogP contribution in [-0.2, 0) is 6.42 Å². The van der Waals surface area contributed by atoms with Crippen molar-refractivity contribution in [3.63, 3.8) is 0 Å². The molecule has 0 unspecified atom stereocenters. The number of azide groups is 1. The quantitative estimate of drug-likeness (QED) is 0.312. The molecule has 0 aliphatic rings. The second-order valence-corrected chi connectivity index (χ2v) is 2.56. The Bertz CT molecular complexity index is 386. The summed E-state index contributed by atoms with van der Waals surface area (Å²) < 4.78 is 38.0. The van der Waals surface area contributed by atoms with Crippen LogP contribution in [0.5, 0.6) is 0 Å². The van der Waals surface area contributed by atoms with Crippen LogP contribution < -0.4 is 0 Å². The normalized spacial score (nSPS) is 9.64. The number of nitrogens with zero attached hydrogens (tertiary/aromatic N) is 3. The topological polar surface area (TPSA) is 48.8 Å². The van der Waals surface area contributed by atoms with Crippen molar-refractivity contribution in [3.8, 4) is 0 Å². The van der Waals surface area contributed by atoms with Crippen LogP contribution in [0.4, 0.5) is 13.2 Å². The zero-order valence-corrected chi connectivity index (χ0v) is 7.04. The molecule has 14 heavy (non-hydrogen) atoms. The summed E-state index contributed by atoms with van der Waals surface area (Å²) >= 11 is 0. The van der Waals surface area contributed by atoms with E-state index in [1.54, 1.807) is 0 Å². The molecule has 0 aliphatic carbocycles. The third kappa shape index (κ3) is 2.40. The van der Waals surface area contributed by atoms with Gasteiger partial charge in [0.1, 0.15) is 5.82 Å². The highest BCUT2D eigenvalue weighted by atomic mass is 19.2. The molecule has 0 atom stereocenters. The average molecular weight is 201 g/mol. The summed E-state index contributed by atoms with van der Waals surface area (Å²) in [7, 11) is 0. The third-order valence-corrected chi connectivity index (χ3v) is 1.63. The molecular formula is C8H6F3N3. The smallest absolute Gasteiger partial charge is 0.161 e. The monoisotopic (exact) mass is 201 g/mol. The van der Waals surface area contributed by atoms with E-state index in [1.165, 1.54) is 0 Å². The summed E-state index contributed by atoms with van der Waals surface area (Å²) in [5, 5.41) is 3.16. The first-order valence-corrected chi connectivity index (χ1v) is 3.79. The zero-order valence-electron chi connectivity index (χ0n) is 7.04. The van der Waals surface area contributed by atoms with Crippen molar-refractivity contribution in [2.24, 2.45) is 5.11 Å². The van der Waals surface area contributed by atoms with Crippen molar-refractivity contribution in [2.75, 3.05) is 6.54 Å². The maximum Gasteiger partial charge on any atom is 0.161 e. The summed E-state index contributed by atoms with van der Waals surface area (Å²) in [4.78, 5) is 2.46. The molecule has 1 aromatic carbocycles. The van der Waals surface area contributed by atoms with Crippen LogP contribution in [0.2, 0.25) is 0 Å². The van der Waals surface area contributed by atoms with Gasteiger partial charge >= 0.3 is 0 Å². The predicted octanol–water partition coefficient (Wildman–Crippen LogP) is 2.96. The number of benzene rings is 1. The summed E-state index contributed by atoms with van der Waals surface area (Å²) in [6.45, 7) is 0.0124. The molecule has 0 aromatic heterocycles. The van der Waals surface area contributed by atoms with Gasteiger partial charge in [-0.25, -0.2) is 13.2 Å². The molecule has 0 heterocycles. The standard InChI is InChI=1S/C8H6F3N3/c9-6-4-8(11)7(10)3-5(6)1-2-13-14-12/h3-4H,1-2H2. The van der Waals surface area contributed by atoms with E-state index in [2.05, 4.69) is 10.0 Å². The second-order valence-electron chi connectivity index (χ2n) is 2.56. The number of rotatable bonds is 3. The van der Waals surface area contributed by atoms with Gasteiger partial charge in [0.25, 0.3) is 0 Å². The van der Waals surface area contributed by atoms with Crippen LogP contribution >= 0.6 is 0 Å². The minimum Gasteiger partial charge on any atom is -0.207 e. The van der Waals surface area contributed by atoms with Gasteiger partial charge in [0.05, 0.1) is 0 Å². The molecular weight excluding hydrogens is 195 g/mol. The lowest BCUT2D eigenvalue weighted by Gasteiger charge is -2.01. The molecule has 0 amide bonds. The van der Waals surface area contributed by atoms with Crippen LogP contribution in [0.25, 0.3) is 10.4 Å². The predicted molar refractivity (Wildman–Crippen MR) is 44.0 cm³/mol. The van der Waals surface area contributed by atoms with Gasteiger partial charge in [-0.1, -0.05) is 5.11 Å². The van der Waals surface area contributed by atoms with Gasteiger partial charge in [0.2, 0.25) is 0 Å². The van der Waals surface area contributed by atoms with E-state index in [4.69, 9.17) is 5.53 Å². The Labute approximate surface area is 77.8 Å². The first kappa shape index (κ1) is 10.4. The van der Waals surface area contributed by atoms with Crippen molar-refractivity contribution in [1.29, 1.82) is 0 Å². The fraction of sp³-hybridized carbons (Fsp3) is 0.250. The van der Waals surface area contributed by atoms with E-state index in [0.29, 0.717) is 6.07 Å². The van der Waals surface area contributed by atoms with Gasteiger partial charge in [0, 0.05) is 17.5 Å². The SMILES string of the molecule is [N-]=[N+]=NCCc1cc(F)c(F)cc1F. The minimum absolute atomic E-state index is 0.00343. The maximum absolute atomic E-state index is 12.9. The average Bonchev–Trinajstić information content (AvgIpc) is 2.14. The van der Waals surface area contributed by atoms with Gasteiger partial charge in [-0.15, -0.1) is 0 Å². The Hall–Kier alpha value is -1.68. The molecule has 0 fully saturated rings. The molecule has 0 spiro atoms. The van der Waals surface area contributed by atoms with Gasteiger partial charge in [0.15, 0.2) is 11.6 Å². The molecule has 0 aliphatic heterocycles. The van der Waals surface area contributed by atoms with Gasteiger partial charge in [-0.05, 0) is 23.6 Å². The van der Waals surface area contributed by atoms with E-state index in [1.807, 2.05) is 0 Å². The van der Waals surface area contributed by atoms with Crippen LogP contribution in [0.15, 0.2) is 17.2 Å². The lowest BCUT2D eigenvalue weighted by atomic mass is 10.1. The van der Waals surface area contributed by atoms with Crippen molar-refractivity contribution in [1.82, 2.24) is 0 Å². The van der Waals surface area contributed by atoms with Crippen LogP contribution in [0, 0.1) is 17.5 Å². The molecule has 0 radical (unpaired) electrons. The van der Waals surface area contributed by atoms with E-state index in [9.17, 15) is 13.2 Å². The molecule has 1 aromatic rings. The zero-order chi connectivity index (χ0) is 10.6. The van der Waals surface area contributed by atoms with Crippen LogP contribution in [-0.4, -0.2) is 6.54 Å². The molecule has 74 valence electrons. The highest BCUT2D eigenvalue weighted by molar-refractivity contribution is 5.20. The Morgan fingerprint density at radius 1 is 1.14 bits per heavy atom. The summed E-state index contributed by atoms with van der Waals surface area (Å²) in [6, 6.07) is 1.23. The van der Waals surface area contributed by atoms with Crippen molar-refractivity contribution >= 4 is 0 Å². The van der Waals surface area contributed by atoms with Gasteiger partial charge < -0.3 is 0 Å². The summed E-state index contributed by atoms with van der Waals surface area (Å²) in [5.41, 5.74) is 7.94. The van der Waals surface area contributed by atoms with Crippen molar-refractivity contribution < 1.29 is 13.2 Å². The molecule has 0 bridgehead atoms. The minimum atomic E-state index is -1.23. The van der Waals surface area contributed by atoms with E-state index >= 15 is 0 Å². The van der Waals surface area contributed by atoms with E-state index < -0.39 is 17.5 Å². The fourth-order valence-corrected chi connectivity index (χ4v) is 0.971. The highest BCUT2D eigenvalue weighted by Gasteiger charge is 2.08. The molecule has 6 heteroatoms. The first-order chi connectivity index (χ1) is 6.65. The Kier molecular flexibility index (Phi) is 3.36. The number of hydrogen-bond donors (Lipinski definition) is 0. The van der Waals surface area contributed by atoms with Gasteiger partial charge in [-0.2, -0.15) is 0 Å². The largest absolute Gasteiger partial charge is 0.207 e. The number of hydrogen-bond acceptors (Lipinski definition) is 1. The van der Waals surface area contributed by atoms with E-state index in [0.717, 1.165) is 6.07 Å². The number of halogens is 3. The Morgan fingerprint density at radius 3 is 2.43 bits per heavy atom. The van der Waals surface area contributed by atoms with Crippen LogP contribution in [0.3, 0.4) is 0 Å². The summed E-state index contributed by atoms with van der Waals surface area (Å²) in [6.07, 6.45) is 0.0487. The molecule has 0 N–H and O–H groups in total. The summed E-state index contributed by atoms with van der Waals surface area (Å²) in [5.74, 6) is -3.17. The lowest BCUT2D eigenvalue weighted by molar-refractivity contribution is 0.490. The third-order valence-electron chi connectivity index (χ3n) is 1.63. The molecule has 3 nitrogen and oxygen atoms in total. The highest BCUT2D eigenvalue weighted by Crippen LogP contribution is 2.14. The first-order valence-electron chi connectivity index (χ1n) is 3.79. The lowest BCUT2D eigenvalue weighted by Crippen LogP contribution is -1.97. The maximum atomic E-state index is 12.9. The second kappa shape index (κ2) is 4.53. The van der Waals surface area contributed by atoms with Crippen molar-refractivity contribution in [3.05, 3.63) is 45.6 Å².